The van der Waals surface area contributed by atoms with E-state index in [1.807, 2.05) is 20.8 Å². The van der Waals surface area contributed by atoms with Crippen LogP contribution in [0.2, 0.25) is 0 Å². The summed E-state index contributed by atoms with van der Waals surface area (Å²) in [6.07, 6.45) is 0.484. The molecular formula is C22H29FN4O4. The van der Waals surface area contributed by atoms with Gasteiger partial charge in [0.1, 0.15) is 11.4 Å². The highest BCUT2D eigenvalue weighted by Gasteiger charge is 2.25. The van der Waals surface area contributed by atoms with E-state index in [-0.39, 0.29) is 29.0 Å². The molecule has 1 aromatic carbocycles. The number of carbonyl (C=O) groups excluding carboxylic acids is 2. The molecule has 1 N–H and O–H groups in total. The highest BCUT2D eigenvalue weighted by Crippen LogP contribution is 2.23. The second-order valence-electron chi connectivity index (χ2n) is 8.47. The summed E-state index contributed by atoms with van der Waals surface area (Å²) in [5, 5.41) is 6.54. The predicted molar refractivity (Wildman–Crippen MR) is 113 cm³/mol. The molecule has 3 rings (SSSR count). The number of nitrogens with one attached hydrogen (secondary N) is 1. The van der Waals surface area contributed by atoms with Crippen LogP contribution in [0.5, 0.6) is 0 Å². The zero-order valence-corrected chi connectivity index (χ0v) is 18.2. The quantitative estimate of drug-likeness (QED) is 0.706. The molecule has 1 aliphatic heterocycles. The van der Waals surface area contributed by atoms with Crippen LogP contribution in [0, 0.1) is 5.82 Å². The number of piperazine rings is 1. The van der Waals surface area contributed by atoms with Gasteiger partial charge in [0.2, 0.25) is 0 Å². The molecule has 0 bridgehead atoms. The van der Waals surface area contributed by atoms with Gasteiger partial charge in [-0.15, -0.1) is 0 Å². The first-order chi connectivity index (χ1) is 14.7. The van der Waals surface area contributed by atoms with E-state index in [0.717, 1.165) is 26.1 Å². The summed E-state index contributed by atoms with van der Waals surface area (Å²) in [6, 6.07) is 7.60. The van der Waals surface area contributed by atoms with Crippen LogP contribution in [-0.2, 0) is 4.74 Å². The summed E-state index contributed by atoms with van der Waals surface area (Å²) in [7, 11) is 0. The molecule has 2 heterocycles. The van der Waals surface area contributed by atoms with Crippen LogP contribution in [0.25, 0.3) is 11.3 Å². The Morgan fingerprint density at radius 2 is 1.90 bits per heavy atom. The van der Waals surface area contributed by atoms with Crippen molar-refractivity contribution in [2.45, 2.75) is 32.8 Å². The average molecular weight is 432 g/mol. The zero-order chi connectivity index (χ0) is 22.4. The zero-order valence-electron chi connectivity index (χ0n) is 18.2. The first kappa shape index (κ1) is 22.7. The maximum Gasteiger partial charge on any atom is 0.410 e. The molecule has 1 saturated heterocycles. The summed E-state index contributed by atoms with van der Waals surface area (Å²) in [5.74, 6) is -0.579. The highest BCUT2D eigenvalue weighted by molar-refractivity contribution is 5.93. The Labute approximate surface area is 181 Å². The van der Waals surface area contributed by atoms with E-state index in [2.05, 4.69) is 15.4 Å². The third-order valence-electron chi connectivity index (χ3n) is 4.84. The second-order valence-corrected chi connectivity index (χ2v) is 8.47. The van der Waals surface area contributed by atoms with Gasteiger partial charge in [-0.2, -0.15) is 0 Å². The first-order valence-electron chi connectivity index (χ1n) is 10.4. The Bertz CT molecular complexity index is 901. The number of hydrogen-bond acceptors (Lipinski definition) is 6. The van der Waals surface area contributed by atoms with Crippen LogP contribution in [0.3, 0.4) is 0 Å². The maximum absolute atomic E-state index is 13.8. The Balaban J connectivity index is 1.37. The molecular weight excluding hydrogens is 403 g/mol. The van der Waals surface area contributed by atoms with Crippen molar-refractivity contribution < 1.29 is 23.2 Å². The third-order valence-corrected chi connectivity index (χ3v) is 4.84. The van der Waals surface area contributed by atoms with Crippen molar-refractivity contribution in [1.29, 1.82) is 0 Å². The molecule has 8 nitrogen and oxygen atoms in total. The fraction of sp³-hybridized carbons (Fsp3) is 0.500. The number of aromatic nitrogens is 1. The average Bonchev–Trinajstić information content (AvgIpc) is 3.20. The van der Waals surface area contributed by atoms with Gasteiger partial charge in [0, 0.05) is 38.8 Å². The van der Waals surface area contributed by atoms with Crippen LogP contribution in [0.1, 0.15) is 37.7 Å². The van der Waals surface area contributed by atoms with Crippen molar-refractivity contribution in [3.05, 3.63) is 41.8 Å². The van der Waals surface area contributed by atoms with Gasteiger partial charge in [0.25, 0.3) is 5.91 Å². The summed E-state index contributed by atoms with van der Waals surface area (Å²) in [6.45, 7) is 9.64. The maximum atomic E-state index is 13.8. The molecule has 0 unspecified atom stereocenters. The van der Waals surface area contributed by atoms with E-state index >= 15 is 0 Å². The van der Waals surface area contributed by atoms with Crippen molar-refractivity contribution in [3.8, 4) is 11.3 Å². The number of halogens is 1. The lowest BCUT2D eigenvalue weighted by molar-refractivity contribution is 0.0144. The van der Waals surface area contributed by atoms with Gasteiger partial charge in [0.05, 0.1) is 5.56 Å². The van der Waals surface area contributed by atoms with Gasteiger partial charge >= 0.3 is 6.09 Å². The standard InChI is InChI=1S/C22H29FN4O4/c1-22(2,3)30-21(29)27-13-11-26(12-14-27)10-6-9-24-20(28)18-15-19(31-25-18)16-7-4-5-8-17(16)23/h4-5,7-8,15H,6,9-14H2,1-3H3,(H,24,28). The number of rotatable bonds is 6. The molecule has 2 aromatic rings. The highest BCUT2D eigenvalue weighted by atomic mass is 19.1. The molecule has 0 radical (unpaired) electrons. The minimum Gasteiger partial charge on any atom is -0.444 e. The molecule has 0 saturated carbocycles. The SMILES string of the molecule is CC(C)(C)OC(=O)N1CCN(CCCNC(=O)c2cc(-c3ccccc3F)on2)CC1. The monoisotopic (exact) mass is 432 g/mol. The molecule has 2 amide bonds. The number of hydrogen-bond donors (Lipinski definition) is 1. The fourth-order valence-electron chi connectivity index (χ4n) is 3.25. The summed E-state index contributed by atoms with van der Waals surface area (Å²) in [5.41, 5.74) is -0.115. The molecule has 168 valence electrons. The lowest BCUT2D eigenvalue weighted by atomic mass is 10.1. The molecule has 9 heteroatoms. The third kappa shape index (κ3) is 6.52. The van der Waals surface area contributed by atoms with Gasteiger partial charge in [-0.1, -0.05) is 17.3 Å². The van der Waals surface area contributed by atoms with Gasteiger partial charge in [-0.25, -0.2) is 9.18 Å². The lowest BCUT2D eigenvalue weighted by Crippen LogP contribution is -2.50. The van der Waals surface area contributed by atoms with Gasteiger partial charge in [-0.3, -0.25) is 9.69 Å². The summed E-state index contributed by atoms with van der Waals surface area (Å²) >= 11 is 0. The number of nitrogens with zero attached hydrogens (tertiary/aromatic N) is 3. The predicted octanol–water partition coefficient (Wildman–Crippen LogP) is 3.15. The van der Waals surface area contributed by atoms with Gasteiger partial charge in [-0.05, 0) is 45.9 Å². The Hall–Kier alpha value is -2.94. The van der Waals surface area contributed by atoms with Gasteiger partial charge in [0.15, 0.2) is 11.5 Å². The van der Waals surface area contributed by atoms with Crippen molar-refractivity contribution in [2.24, 2.45) is 0 Å². The van der Waals surface area contributed by atoms with E-state index in [4.69, 9.17) is 9.26 Å². The van der Waals surface area contributed by atoms with Crippen molar-refractivity contribution in [2.75, 3.05) is 39.3 Å². The largest absolute Gasteiger partial charge is 0.444 e. The van der Waals surface area contributed by atoms with Crippen LogP contribution < -0.4 is 5.32 Å². The van der Waals surface area contributed by atoms with E-state index in [1.165, 1.54) is 12.1 Å². The molecule has 1 fully saturated rings. The molecule has 31 heavy (non-hydrogen) atoms. The van der Waals surface area contributed by atoms with E-state index in [1.54, 1.807) is 23.1 Å². The fourth-order valence-corrected chi connectivity index (χ4v) is 3.25. The molecule has 0 aliphatic carbocycles. The smallest absolute Gasteiger partial charge is 0.410 e. The Morgan fingerprint density at radius 3 is 2.58 bits per heavy atom. The van der Waals surface area contributed by atoms with E-state index < -0.39 is 11.4 Å². The Morgan fingerprint density at radius 1 is 1.19 bits per heavy atom. The Kier molecular flexibility index (Phi) is 7.27. The first-order valence-corrected chi connectivity index (χ1v) is 10.4. The van der Waals surface area contributed by atoms with Crippen molar-refractivity contribution in [3.63, 3.8) is 0 Å². The van der Waals surface area contributed by atoms with E-state index in [0.29, 0.717) is 19.6 Å². The molecule has 1 aromatic heterocycles. The lowest BCUT2D eigenvalue weighted by Gasteiger charge is -2.35. The number of carbonyl (C=O) groups is 2. The normalized spacial score (nSPS) is 15.0. The minimum atomic E-state index is -0.494. The van der Waals surface area contributed by atoms with E-state index in [9.17, 15) is 14.0 Å². The van der Waals surface area contributed by atoms with Crippen molar-refractivity contribution >= 4 is 12.0 Å². The summed E-state index contributed by atoms with van der Waals surface area (Å²) < 4.78 is 24.3. The van der Waals surface area contributed by atoms with Crippen LogP contribution in [0.4, 0.5) is 9.18 Å². The summed E-state index contributed by atoms with van der Waals surface area (Å²) in [4.78, 5) is 28.3. The minimum absolute atomic E-state index is 0.115. The number of benzene rings is 1. The van der Waals surface area contributed by atoms with Crippen molar-refractivity contribution in [1.82, 2.24) is 20.3 Å². The molecule has 1 aliphatic rings. The van der Waals surface area contributed by atoms with Crippen LogP contribution >= 0.6 is 0 Å². The molecule has 0 atom stereocenters. The number of ether oxygens (including phenoxy) is 1. The molecule has 0 spiro atoms. The number of amides is 2. The van der Waals surface area contributed by atoms with Crippen LogP contribution in [-0.4, -0.2) is 71.8 Å². The van der Waals surface area contributed by atoms with Gasteiger partial charge < -0.3 is 19.5 Å². The van der Waals surface area contributed by atoms with Crippen LogP contribution in [0.15, 0.2) is 34.9 Å². The second kappa shape index (κ2) is 9.91. The topological polar surface area (TPSA) is 87.9 Å².